The standard InChI is InChI=1S/C29H28N2O5/c1-18-26(27(30-36-18)19-8-6-5-7-9-19)29(32)31-15-14-21-16-24(34-3)25(35-4)17-23(21)28(31)20-10-12-22(33-2)13-11-20/h5-13,16-17,28H,14-15H2,1-4H3/t28-/m1/s1. The molecule has 0 radical (unpaired) electrons. The van der Waals surface area contributed by atoms with Gasteiger partial charge in [-0.1, -0.05) is 47.6 Å². The molecule has 3 aromatic carbocycles. The number of ether oxygens (including phenoxy) is 3. The number of nitrogens with zero attached hydrogens (tertiary/aromatic N) is 2. The lowest BCUT2D eigenvalue weighted by Gasteiger charge is -2.38. The maximum Gasteiger partial charge on any atom is 0.260 e. The fourth-order valence-corrected chi connectivity index (χ4v) is 4.87. The molecule has 5 rings (SSSR count). The summed E-state index contributed by atoms with van der Waals surface area (Å²) in [6, 6.07) is 21.1. The highest BCUT2D eigenvalue weighted by atomic mass is 16.5. The first-order valence-corrected chi connectivity index (χ1v) is 11.8. The first-order chi connectivity index (χ1) is 17.5. The molecule has 0 bridgehead atoms. The Hall–Kier alpha value is -4.26. The number of carbonyl (C=O) groups excluding carboxylic acids is 1. The van der Waals surface area contributed by atoms with Gasteiger partial charge in [-0.15, -0.1) is 0 Å². The molecular weight excluding hydrogens is 456 g/mol. The number of benzene rings is 3. The molecule has 184 valence electrons. The average molecular weight is 485 g/mol. The smallest absolute Gasteiger partial charge is 0.260 e. The molecular formula is C29H28N2O5. The van der Waals surface area contributed by atoms with Crippen LogP contribution < -0.4 is 14.2 Å². The van der Waals surface area contributed by atoms with E-state index in [4.69, 9.17) is 18.7 Å². The summed E-state index contributed by atoms with van der Waals surface area (Å²) < 4.78 is 22.0. The van der Waals surface area contributed by atoms with Crippen LogP contribution in [0.5, 0.6) is 17.2 Å². The Bertz CT molecular complexity index is 1380. The van der Waals surface area contributed by atoms with Crippen LogP contribution in [-0.4, -0.2) is 43.8 Å². The summed E-state index contributed by atoms with van der Waals surface area (Å²) in [6.45, 7) is 2.30. The second kappa shape index (κ2) is 9.77. The van der Waals surface area contributed by atoms with Crippen molar-refractivity contribution in [1.82, 2.24) is 10.1 Å². The summed E-state index contributed by atoms with van der Waals surface area (Å²) in [5.41, 5.74) is 4.93. The predicted molar refractivity (Wildman–Crippen MR) is 136 cm³/mol. The molecule has 0 aliphatic carbocycles. The number of hydrogen-bond donors (Lipinski definition) is 0. The van der Waals surface area contributed by atoms with E-state index < -0.39 is 0 Å². The Morgan fingerprint density at radius 2 is 1.64 bits per heavy atom. The lowest BCUT2D eigenvalue weighted by molar-refractivity contribution is 0.0693. The first kappa shape index (κ1) is 23.5. The highest BCUT2D eigenvalue weighted by molar-refractivity contribution is 6.01. The number of rotatable bonds is 6. The Morgan fingerprint density at radius 3 is 2.31 bits per heavy atom. The van der Waals surface area contributed by atoms with E-state index in [1.54, 1.807) is 28.3 Å². The van der Waals surface area contributed by atoms with Gasteiger partial charge >= 0.3 is 0 Å². The first-order valence-electron chi connectivity index (χ1n) is 11.8. The van der Waals surface area contributed by atoms with Crippen molar-refractivity contribution in [1.29, 1.82) is 0 Å². The molecule has 0 saturated carbocycles. The van der Waals surface area contributed by atoms with E-state index in [2.05, 4.69) is 5.16 Å². The number of carbonyl (C=O) groups is 1. The number of aryl methyl sites for hydroxylation is 1. The van der Waals surface area contributed by atoms with E-state index in [1.165, 1.54) is 0 Å². The quantitative estimate of drug-likeness (QED) is 0.362. The van der Waals surface area contributed by atoms with Gasteiger partial charge in [0.05, 0.1) is 27.4 Å². The van der Waals surface area contributed by atoms with E-state index in [0.717, 1.165) is 28.0 Å². The number of aromatic nitrogens is 1. The Kier molecular flexibility index (Phi) is 6.38. The zero-order chi connectivity index (χ0) is 25.2. The maximum absolute atomic E-state index is 14.2. The normalized spacial score (nSPS) is 14.8. The van der Waals surface area contributed by atoms with Gasteiger partial charge in [0.2, 0.25) is 0 Å². The molecule has 7 heteroatoms. The highest BCUT2D eigenvalue weighted by Crippen LogP contribution is 2.42. The van der Waals surface area contributed by atoms with Crippen LogP contribution in [0, 0.1) is 6.92 Å². The van der Waals surface area contributed by atoms with E-state index in [0.29, 0.717) is 41.5 Å². The van der Waals surface area contributed by atoms with Gasteiger partial charge in [-0.05, 0) is 54.3 Å². The van der Waals surface area contributed by atoms with Gasteiger partial charge in [-0.25, -0.2) is 0 Å². The molecule has 1 aliphatic rings. The molecule has 0 N–H and O–H groups in total. The summed E-state index contributed by atoms with van der Waals surface area (Å²) in [4.78, 5) is 16.1. The second-order valence-corrected chi connectivity index (χ2v) is 8.66. The minimum absolute atomic E-state index is 0.131. The Labute approximate surface area is 210 Å². The fourth-order valence-electron chi connectivity index (χ4n) is 4.87. The average Bonchev–Trinajstić information content (AvgIpc) is 3.32. The zero-order valence-electron chi connectivity index (χ0n) is 20.8. The SMILES string of the molecule is COc1ccc([C@@H]2c3cc(OC)c(OC)cc3CCN2C(=O)c2c(-c3ccccc3)noc2C)cc1. The van der Waals surface area contributed by atoms with Crippen LogP contribution in [0.25, 0.3) is 11.3 Å². The number of fused-ring (bicyclic) bond motifs is 1. The van der Waals surface area contributed by atoms with Crippen molar-refractivity contribution >= 4 is 5.91 Å². The number of hydrogen-bond acceptors (Lipinski definition) is 6. The topological polar surface area (TPSA) is 74.0 Å². The molecule has 7 nitrogen and oxygen atoms in total. The maximum atomic E-state index is 14.2. The minimum Gasteiger partial charge on any atom is -0.497 e. The van der Waals surface area contributed by atoms with E-state index >= 15 is 0 Å². The van der Waals surface area contributed by atoms with Crippen molar-refractivity contribution in [2.45, 2.75) is 19.4 Å². The van der Waals surface area contributed by atoms with Crippen LogP contribution in [0.2, 0.25) is 0 Å². The van der Waals surface area contributed by atoms with Gasteiger partial charge < -0.3 is 23.6 Å². The Balaban J connectivity index is 1.64. The van der Waals surface area contributed by atoms with Gasteiger partial charge in [0, 0.05) is 12.1 Å². The van der Waals surface area contributed by atoms with E-state index in [1.807, 2.05) is 71.6 Å². The lowest BCUT2D eigenvalue weighted by atomic mass is 9.87. The third kappa shape index (κ3) is 4.06. The van der Waals surface area contributed by atoms with Crippen LogP contribution >= 0.6 is 0 Å². The highest BCUT2D eigenvalue weighted by Gasteiger charge is 2.36. The van der Waals surface area contributed by atoms with Crippen molar-refractivity contribution in [3.05, 3.63) is 94.7 Å². The monoisotopic (exact) mass is 484 g/mol. The summed E-state index contributed by atoms with van der Waals surface area (Å²) in [6.07, 6.45) is 0.680. The van der Waals surface area contributed by atoms with Crippen molar-refractivity contribution < 1.29 is 23.5 Å². The van der Waals surface area contributed by atoms with Crippen LogP contribution in [0.1, 0.15) is 38.9 Å². The molecule has 1 atom stereocenters. The van der Waals surface area contributed by atoms with Gasteiger partial charge in [-0.3, -0.25) is 4.79 Å². The van der Waals surface area contributed by atoms with Crippen LogP contribution in [0.4, 0.5) is 0 Å². The van der Waals surface area contributed by atoms with Gasteiger partial charge in [0.15, 0.2) is 11.5 Å². The van der Waals surface area contributed by atoms with Gasteiger partial charge in [-0.2, -0.15) is 0 Å². The number of methoxy groups -OCH3 is 3. The van der Waals surface area contributed by atoms with Crippen LogP contribution in [0.15, 0.2) is 71.3 Å². The zero-order valence-corrected chi connectivity index (χ0v) is 20.8. The molecule has 1 aliphatic heterocycles. The summed E-state index contributed by atoms with van der Waals surface area (Å²) in [5, 5.41) is 4.24. The molecule has 1 amide bonds. The van der Waals surface area contributed by atoms with Crippen molar-refractivity contribution in [3.8, 4) is 28.5 Å². The molecule has 0 unspecified atom stereocenters. The summed E-state index contributed by atoms with van der Waals surface area (Å²) in [5.74, 6) is 2.40. The van der Waals surface area contributed by atoms with Crippen LogP contribution in [-0.2, 0) is 6.42 Å². The van der Waals surface area contributed by atoms with Crippen molar-refractivity contribution in [2.24, 2.45) is 0 Å². The lowest BCUT2D eigenvalue weighted by Crippen LogP contribution is -2.41. The molecule has 0 spiro atoms. The third-order valence-corrected chi connectivity index (χ3v) is 6.69. The second-order valence-electron chi connectivity index (χ2n) is 8.66. The molecule has 0 fully saturated rings. The van der Waals surface area contributed by atoms with Gasteiger partial charge in [0.1, 0.15) is 22.8 Å². The summed E-state index contributed by atoms with van der Waals surface area (Å²) >= 11 is 0. The third-order valence-electron chi connectivity index (χ3n) is 6.69. The Morgan fingerprint density at radius 1 is 0.944 bits per heavy atom. The van der Waals surface area contributed by atoms with Gasteiger partial charge in [0.25, 0.3) is 5.91 Å². The largest absolute Gasteiger partial charge is 0.497 e. The predicted octanol–water partition coefficient (Wildman–Crippen LogP) is 5.46. The van der Waals surface area contributed by atoms with Crippen molar-refractivity contribution in [2.75, 3.05) is 27.9 Å². The van der Waals surface area contributed by atoms with E-state index in [9.17, 15) is 4.79 Å². The molecule has 4 aromatic rings. The minimum atomic E-state index is -0.343. The molecule has 1 aromatic heterocycles. The fraction of sp³-hybridized carbons (Fsp3) is 0.241. The molecule has 36 heavy (non-hydrogen) atoms. The summed E-state index contributed by atoms with van der Waals surface area (Å²) in [7, 11) is 4.88. The molecule has 0 saturated heterocycles. The number of amides is 1. The van der Waals surface area contributed by atoms with Crippen molar-refractivity contribution in [3.63, 3.8) is 0 Å². The van der Waals surface area contributed by atoms with Crippen LogP contribution in [0.3, 0.4) is 0 Å². The molecule has 2 heterocycles. The van der Waals surface area contributed by atoms with E-state index in [-0.39, 0.29) is 11.9 Å².